The Bertz CT molecular complexity index is 610. The van der Waals surface area contributed by atoms with Crippen molar-refractivity contribution in [3.05, 3.63) is 60.2 Å². The lowest BCUT2D eigenvalue weighted by atomic mass is 10.1. The molecule has 0 saturated carbocycles. The lowest BCUT2D eigenvalue weighted by Gasteiger charge is -2.08. The number of aliphatic imine (C=N–C) groups is 1. The highest BCUT2D eigenvalue weighted by Gasteiger charge is 2.20. The van der Waals surface area contributed by atoms with Gasteiger partial charge < -0.3 is 10.1 Å². The predicted molar refractivity (Wildman–Crippen MR) is 90.3 cm³/mol. The molecule has 3 rings (SSSR count). The van der Waals surface area contributed by atoms with Crippen LogP contribution in [0.1, 0.15) is 18.5 Å². The third kappa shape index (κ3) is 3.58. The Balaban J connectivity index is 1.67. The molecule has 0 aliphatic carbocycles. The summed E-state index contributed by atoms with van der Waals surface area (Å²) >= 11 is 1.76. The first-order chi connectivity index (χ1) is 10.3. The molecule has 0 bridgehead atoms. The zero-order chi connectivity index (χ0) is 14.5. The van der Waals surface area contributed by atoms with Gasteiger partial charge in [0.05, 0.1) is 12.6 Å². The highest BCUT2D eigenvalue weighted by Crippen LogP contribution is 2.31. The number of ether oxygens (including phenoxy) is 1. The number of benzene rings is 2. The van der Waals surface area contributed by atoms with Gasteiger partial charge in [-0.3, -0.25) is 4.99 Å². The van der Waals surface area contributed by atoms with Crippen LogP contribution in [-0.4, -0.2) is 17.5 Å². The van der Waals surface area contributed by atoms with E-state index >= 15 is 0 Å². The van der Waals surface area contributed by atoms with Crippen LogP contribution in [0.15, 0.2) is 59.6 Å². The van der Waals surface area contributed by atoms with Crippen molar-refractivity contribution in [3.8, 4) is 5.75 Å². The molecule has 0 saturated heterocycles. The van der Waals surface area contributed by atoms with Crippen molar-refractivity contribution in [2.24, 2.45) is 4.99 Å². The maximum atomic E-state index is 5.47. The fourth-order valence-electron chi connectivity index (χ4n) is 2.21. The van der Waals surface area contributed by atoms with E-state index < -0.39 is 0 Å². The summed E-state index contributed by atoms with van der Waals surface area (Å²) in [5, 5.41) is 4.35. The maximum absolute atomic E-state index is 5.47. The number of amidine groups is 1. The van der Waals surface area contributed by atoms with Gasteiger partial charge in [0.1, 0.15) is 5.75 Å². The molecule has 2 aromatic carbocycles. The van der Waals surface area contributed by atoms with Crippen molar-refractivity contribution in [3.63, 3.8) is 0 Å². The van der Waals surface area contributed by atoms with Crippen LogP contribution in [0.4, 0.5) is 5.69 Å². The molecule has 4 heteroatoms. The number of anilines is 1. The van der Waals surface area contributed by atoms with Gasteiger partial charge in [0, 0.05) is 11.4 Å². The van der Waals surface area contributed by atoms with Crippen molar-refractivity contribution < 1.29 is 4.74 Å². The van der Waals surface area contributed by atoms with E-state index in [2.05, 4.69) is 17.4 Å². The molecule has 1 N–H and O–H groups in total. The minimum absolute atomic E-state index is 0.219. The third-order valence-electron chi connectivity index (χ3n) is 3.25. The SMILES string of the molecule is CCOc1ccc([C@H]2CSC(Nc3ccccc3)=N2)cc1. The number of rotatable bonds is 4. The zero-order valence-electron chi connectivity index (χ0n) is 12.0. The molecule has 0 aromatic heterocycles. The second kappa shape index (κ2) is 6.68. The lowest BCUT2D eigenvalue weighted by Crippen LogP contribution is -2.04. The van der Waals surface area contributed by atoms with Gasteiger partial charge in [-0.25, -0.2) is 0 Å². The maximum Gasteiger partial charge on any atom is 0.161 e. The summed E-state index contributed by atoms with van der Waals surface area (Å²) in [5.74, 6) is 1.89. The van der Waals surface area contributed by atoms with Crippen molar-refractivity contribution >= 4 is 22.6 Å². The minimum atomic E-state index is 0.219. The van der Waals surface area contributed by atoms with Crippen LogP contribution in [0.25, 0.3) is 0 Å². The van der Waals surface area contributed by atoms with Crippen LogP contribution >= 0.6 is 11.8 Å². The van der Waals surface area contributed by atoms with E-state index in [0.717, 1.165) is 22.4 Å². The van der Waals surface area contributed by atoms with E-state index in [1.54, 1.807) is 11.8 Å². The standard InChI is InChI=1S/C17H18N2OS/c1-2-20-15-10-8-13(9-11-15)16-12-21-17(19-16)18-14-6-4-3-5-7-14/h3-11,16H,2,12H2,1H3,(H,18,19)/t16-/m1/s1. The molecular weight excluding hydrogens is 280 g/mol. The Hall–Kier alpha value is -1.94. The molecule has 108 valence electrons. The Kier molecular flexibility index (Phi) is 4.46. The molecule has 0 fully saturated rings. The van der Waals surface area contributed by atoms with Gasteiger partial charge in [-0.1, -0.05) is 42.1 Å². The second-order valence-electron chi connectivity index (χ2n) is 4.75. The topological polar surface area (TPSA) is 33.6 Å². The predicted octanol–water partition coefficient (Wildman–Crippen LogP) is 4.34. The molecule has 3 nitrogen and oxygen atoms in total. The molecule has 0 spiro atoms. The van der Waals surface area contributed by atoms with E-state index in [4.69, 9.17) is 9.73 Å². The number of hydrogen-bond acceptors (Lipinski definition) is 4. The highest BCUT2D eigenvalue weighted by molar-refractivity contribution is 8.14. The van der Waals surface area contributed by atoms with Gasteiger partial charge in [0.25, 0.3) is 0 Å². The molecule has 1 aliphatic heterocycles. The van der Waals surface area contributed by atoms with Crippen molar-refractivity contribution in [1.82, 2.24) is 0 Å². The summed E-state index contributed by atoms with van der Waals surface area (Å²) in [5.41, 5.74) is 2.31. The first-order valence-electron chi connectivity index (χ1n) is 7.10. The Morgan fingerprint density at radius 1 is 1.14 bits per heavy atom. The summed E-state index contributed by atoms with van der Waals surface area (Å²) in [7, 11) is 0. The second-order valence-corrected chi connectivity index (χ2v) is 5.76. The number of thioether (sulfide) groups is 1. The molecule has 1 heterocycles. The van der Waals surface area contributed by atoms with Crippen LogP contribution in [0.3, 0.4) is 0 Å². The van der Waals surface area contributed by atoms with E-state index in [-0.39, 0.29) is 6.04 Å². The molecule has 0 unspecified atom stereocenters. The van der Waals surface area contributed by atoms with E-state index in [0.29, 0.717) is 6.61 Å². The van der Waals surface area contributed by atoms with E-state index in [1.165, 1.54) is 5.56 Å². The summed E-state index contributed by atoms with van der Waals surface area (Å²) < 4.78 is 5.47. The Labute approximate surface area is 129 Å². The molecule has 1 aliphatic rings. The average molecular weight is 298 g/mol. The number of para-hydroxylation sites is 1. The number of hydrogen-bond donors (Lipinski definition) is 1. The van der Waals surface area contributed by atoms with Gasteiger partial charge in [0.2, 0.25) is 0 Å². The first-order valence-corrected chi connectivity index (χ1v) is 8.09. The monoisotopic (exact) mass is 298 g/mol. The van der Waals surface area contributed by atoms with Gasteiger partial charge >= 0.3 is 0 Å². The van der Waals surface area contributed by atoms with Gasteiger partial charge in [-0.15, -0.1) is 0 Å². The van der Waals surface area contributed by atoms with Crippen LogP contribution < -0.4 is 10.1 Å². The number of nitrogens with zero attached hydrogens (tertiary/aromatic N) is 1. The molecule has 21 heavy (non-hydrogen) atoms. The Morgan fingerprint density at radius 3 is 2.62 bits per heavy atom. The minimum Gasteiger partial charge on any atom is -0.494 e. The van der Waals surface area contributed by atoms with E-state index in [1.807, 2.05) is 49.4 Å². The van der Waals surface area contributed by atoms with Gasteiger partial charge in [-0.2, -0.15) is 0 Å². The zero-order valence-corrected chi connectivity index (χ0v) is 12.8. The quantitative estimate of drug-likeness (QED) is 0.911. The van der Waals surface area contributed by atoms with Crippen LogP contribution in [0.2, 0.25) is 0 Å². The highest BCUT2D eigenvalue weighted by atomic mass is 32.2. The van der Waals surface area contributed by atoms with Crippen molar-refractivity contribution in [2.75, 3.05) is 17.7 Å². The first kappa shape index (κ1) is 14.0. The fraction of sp³-hybridized carbons (Fsp3) is 0.235. The fourth-order valence-corrected chi connectivity index (χ4v) is 3.19. The third-order valence-corrected chi connectivity index (χ3v) is 4.22. The normalized spacial score (nSPS) is 17.4. The van der Waals surface area contributed by atoms with Crippen molar-refractivity contribution in [1.29, 1.82) is 0 Å². The van der Waals surface area contributed by atoms with Crippen molar-refractivity contribution in [2.45, 2.75) is 13.0 Å². The van der Waals surface area contributed by atoms with Crippen LogP contribution in [0.5, 0.6) is 5.75 Å². The Morgan fingerprint density at radius 2 is 1.90 bits per heavy atom. The summed E-state index contributed by atoms with van der Waals surface area (Å²) in [6.45, 7) is 2.69. The summed E-state index contributed by atoms with van der Waals surface area (Å²) in [4.78, 5) is 4.76. The smallest absolute Gasteiger partial charge is 0.161 e. The van der Waals surface area contributed by atoms with Gasteiger partial charge in [-0.05, 0) is 36.8 Å². The molecular formula is C17H18N2OS. The van der Waals surface area contributed by atoms with E-state index in [9.17, 15) is 0 Å². The largest absolute Gasteiger partial charge is 0.494 e. The molecule has 2 aromatic rings. The molecule has 0 radical (unpaired) electrons. The van der Waals surface area contributed by atoms with Crippen LogP contribution in [-0.2, 0) is 0 Å². The molecule has 0 amide bonds. The summed E-state index contributed by atoms with van der Waals surface area (Å²) in [6, 6.07) is 18.6. The number of nitrogens with one attached hydrogen (secondary N) is 1. The lowest BCUT2D eigenvalue weighted by molar-refractivity contribution is 0.340. The van der Waals surface area contributed by atoms with Crippen LogP contribution in [0, 0.1) is 0 Å². The molecule has 1 atom stereocenters. The van der Waals surface area contributed by atoms with Gasteiger partial charge in [0.15, 0.2) is 5.17 Å². The average Bonchev–Trinajstić information content (AvgIpc) is 2.98. The summed E-state index contributed by atoms with van der Waals surface area (Å²) in [6.07, 6.45) is 0.